The number of pyridine rings is 1. The van der Waals surface area contributed by atoms with Gasteiger partial charge in [0, 0.05) is 28.0 Å². The predicted octanol–water partition coefficient (Wildman–Crippen LogP) is 4.56. The van der Waals surface area contributed by atoms with E-state index in [9.17, 15) is 14.7 Å². The summed E-state index contributed by atoms with van der Waals surface area (Å²) >= 11 is 1.35. The molecule has 1 aromatic carbocycles. The number of carbonyl (C=O) groups is 1. The maximum atomic E-state index is 16.0. The number of carboxylic acids is 1. The monoisotopic (exact) mass is 459 g/mol. The zero-order valence-electron chi connectivity index (χ0n) is 17.7. The highest BCUT2D eigenvalue weighted by molar-refractivity contribution is 7.15. The molecule has 9 heteroatoms. The van der Waals surface area contributed by atoms with Gasteiger partial charge in [0.15, 0.2) is 11.6 Å². The van der Waals surface area contributed by atoms with Gasteiger partial charge in [-0.25, -0.2) is 13.6 Å². The van der Waals surface area contributed by atoms with Crippen LogP contribution in [-0.4, -0.2) is 34.6 Å². The van der Waals surface area contributed by atoms with Crippen LogP contribution >= 0.6 is 11.3 Å². The average Bonchev–Trinajstić information content (AvgIpc) is 3.49. The first-order valence-corrected chi connectivity index (χ1v) is 11.4. The Kier molecular flexibility index (Phi) is 4.86. The second kappa shape index (κ2) is 7.38. The molecule has 2 aliphatic rings. The number of aromatic nitrogens is 1. The zero-order chi connectivity index (χ0) is 22.9. The lowest BCUT2D eigenvalue weighted by Crippen LogP contribution is -2.22. The number of hydrogen-bond donors (Lipinski definition) is 2. The van der Waals surface area contributed by atoms with Crippen molar-refractivity contribution in [1.82, 2.24) is 9.47 Å². The van der Waals surface area contributed by atoms with Gasteiger partial charge >= 0.3 is 5.97 Å². The lowest BCUT2D eigenvalue weighted by atomic mass is 9.92. The van der Waals surface area contributed by atoms with Crippen LogP contribution in [0.3, 0.4) is 0 Å². The van der Waals surface area contributed by atoms with Crippen molar-refractivity contribution in [3.05, 3.63) is 50.1 Å². The topological polar surface area (TPSA) is 88.6 Å². The zero-order valence-corrected chi connectivity index (χ0v) is 18.6. The predicted molar refractivity (Wildman–Crippen MR) is 120 cm³/mol. The summed E-state index contributed by atoms with van der Waals surface area (Å²) in [5.41, 5.74) is 4.72. The quantitative estimate of drug-likeness (QED) is 0.559. The van der Waals surface area contributed by atoms with Crippen LogP contribution < -0.4 is 11.2 Å². The molecule has 6 nitrogen and oxygen atoms in total. The molecule has 0 spiro atoms. The number of carboxylic acid groups (broad SMARTS) is 1. The molecule has 1 unspecified atom stereocenters. The minimum atomic E-state index is -1.45. The van der Waals surface area contributed by atoms with E-state index < -0.39 is 39.7 Å². The van der Waals surface area contributed by atoms with Crippen molar-refractivity contribution in [2.75, 3.05) is 19.8 Å². The smallest absolute Gasteiger partial charge is 0.341 e. The number of nitrogen functional groups attached to an aromatic ring is 1. The Hall–Kier alpha value is -2.78. The van der Waals surface area contributed by atoms with Gasteiger partial charge in [0.05, 0.1) is 22.2 Å². The fourth-order valence-electron chi connectivity index (χ4n) is 4.77. The summed E-state index contributed by atoms with van der Waals surface area (Å²) in [6, 6.07) is 1.87. The molecule has 0 radical (unpaired) electrons. The van der Waals surface area contributed by atoms with Gasteiger partial charge in [0.2, 0.25) is 5.43 Å². The van der Waals surface area contributed by atoms with E-state index in [1.807, 2.05) is 20.2 Å². The Morgan fingerprint density at radius 2 is 1.97 bits per heavy atom. The third-order valence-electron chi connectivity index (χ3n) is 6.51. The van der Waals surface area contributed by atoms with Crippen molar-refractivity contribution in [3.8, 4) is 10.4 Å². The third-order valence-corrected chi connectivity index (χ3v) is 7.74. The summed E-state index contributed by atoms with van der Waals surface area (Å²) in [5, 5.41) is 9.03. The molecule has 0 aliphatic heterocycles. The highest BCUT2D eigenvalue weighted by atomic mass is 32.1. The van der Waals surface area contributed by atoms with Gasteiger partial charge in [0.25, 0.3) is 0 Å². The Morgan fingerprint density at radius 1 is 1.25 bits per heavy atom. The fraction of sp³-hybridized carbons (Fsp3) is 0.391. The maximum Gasteiger partial charge on any atom is 0.341 e. The Bertz CT molecular complexity index is 1340. The van der Waals surface area contributed by atoms with Crippen molar-refractivity contribution in [3.63, 3.8) is 0 Å². The molecule has 32 heavy (non-hydrogen) atoms. The number of thiophene rings is 1. The highest BCUT2D eigenvalue weighted by Crippen LogP contribution is 2.46. The summed E-state index contributed by atoms with van der Waals surface area (Å²) in [4.78, 5) is 28.0. The molecule has 0 saturated heterocycles. The first kappa shape index (κ1) is 21.1. The summed E-state index contributed by atoms with van der Waals surface area (Å²) in [5.74, 6) is -3.33. The molecular weight excluding hydrogens is 436 g/mol. The standard InChI is InChI=1S/C23H23F2N3O3S/c1-27(2)13-4-3-5-14-11(13)8-15(32-14)16-18(24)20(26)17-21(19(16)25)28(10-6-7-10)9-12(22(17)29)23(30)31/h8-10,13H,3-7,26H2,1-2H3,(H,30,31). The van der Waals surface area contributed by atoms with Crippen molar-refractivity contribution in [2.24, 2.45) is 0 Å². The molecule has 3 N–H and O–H groups in total. The number of aryl methyl sites for hydroxylation is 1. The van der Waals surface area contributed by atoms with E-state index in [-0.39, 0.29) is 23.2 Å². The summed E-state index contributed by atoms with van der Waals surface area (Å²) < 4.78 is 32.9. The number of nitrogens with zero attached hydrogens (tertiary/aromatic N) is 2. The first-order valence-electron chi connectivity index (χ1n) is 10.6. The third kappa shape index (κ3) is 3.06. The van der Waals surface area contributed by atoms with Crippen LogP contribution in [0, 0.1) is 11.6 Å². The fourth-order valence-corrected chi connectivity index (χ4v) is 6.06. The average molecular weight is 460 g/mol. The van der Waals surface area contributed by atoms with Gasteiger partial charge in [-0.05, 0) is 57.8 Å². The van der Waals surface area contributed by atoms with Crippen LogP contribution in [0.15, 0.2) is 17.1 Å². The number of halogens is 2. The Morgan fingerprint density at radius 3 is 2.59 bits per heavy atom. The largest absolute Gasteiger partial charge is 0.477 e. The van der Waals surface area contributed by atoms with Gasteiger partial charge in [-0.15, -0.1) is 11.3 Å². The number of benzene rings is 1. The normalized spacial score (nSPS) is 18.3. The van der Waals surface area contributed by atoms with Crippen LogP contribution in [0.1, 0.15) is 58.6 Å². The van der Waals surface area contributed by atoms with Crippen molar-refractivity contribution in [1.29, 1.82) is 0 Å². The van der Waals surface area contributed by atoms with E-state index in [0.717, 1.165) is 48.7 Å². The SMILES string of the molecule is CN(C)C1CCCc2sc(-c3c(F)c(N)c4c(=O)c(C(=O)O)cn(C5CC5)c4c3F)cc21. The number of aromatic carboxylic acids is 1. The maximum absolute atomic E-state index is 16.0. The minimum absolute atomic E-state index is 0.119. The van der Waals surface area contributed by atoms with Crippen LogP contribution in [0.2, 0.25) is 0 Å². The number of anilines is 1. The lowest BCUT2D eigenvalue weighted by molar-refractivity contribution is 0.0695. The summed E-state index contributed by atoms with van der Waals surface area (Å²) in [6.07, 6.45) is 5.43. The lowest BCUT2D eigenvalue weighted by Gasteiger charge is -2.28. The molecule has 5 rings (SSSR count). The van der Waals surface area contributed by atoms with Gasteiger partial charge in [-0.1, -0.05) is 0 Å². The van der Waals surface area contributed by atoms with Crippen LogP contribution in [0.25, 0.3) is 21.3 Å². The molecular formula is C23H23F2N3O3S. The molecule has 2 aliphatic carbocycles. The molecule has 1 fully saturated rings. The van der Waals surface area contributed by atoms with Crippen molar-refractivity contribution < 1.29 is 18.7 Å². The molecule has 1 saturated carbocycles. The first-order chi connectivity index (χ1) is 15.2. The Labute approximate surface area is 186 Å². The van der Waals surface area contributed by atoms with Gasteiger partial charge in [-0.2, -0.15) is 0 Å². The van der Waals surface area contributed by atoms with E-state index >= 15 is 8.78 Å². The van der Waals surface area contributed by atoms with Gasteiger partial charge in [-0.3, -0.25) is 4.79 Å². The molecule has 2 aromatic heterocycles. The summed E-state index contributed by atoms with van der Waals surface area (Å²) in [6.45, 7) is 0. The number of fused-ring (bicyclic) bond motifs is 2. The van der Waals surface area contributed by atoms with Gasteiger partial charge in [0.1, 0.15) is 5.56 Å². The second-order valence-electron chi connectivity index (χ2n) is 8.82. The van der Waals surface area contributed by atoms with Crippen LogP contribution in [-0.2, 0) is 6.42 Å². The highest BCUT2D eigenvalue weighted by Gasteiger charge is 2.33. The van der Waals surface area contributed by atoms with E-state index in [1.54, 1.807) is 0 Å². The van der Waals surface area contributed by atoms with Crippen molar-refractivity contribution in [2.45, 2.75) is 44.2 Å². The van der Waals surface area contributed by atoms with E-state index in [0.29, 0.717) is 4.88 Å². The molecule has 168 valence electrons. The number of hydrogen-bond acceptors (Lipinski definition) is 5. The molecule has 2 heterocycles. The summed E-state index contributed by atoms with van der Waals surface area (Å²) in [7, 11) is 3.97. The molecule has 1 atom stereocenters. The van der Waals surface area contributed by atoms with Gasteiger partial charge < -0.3 is 20.3 Å². The molecule has 0 bridgehead atoms. The van der Waals surface area contributed by atoms with E-state index in [2.05, 4.69) is 4.90 Å². The number of nitrogens with two attached hydrogens (primary N) is 1. The Balaban J connectivity index is 1.82. The minimum Gasteiger partial charge on any atom is -0.477 e. The number of rotatable bonds is 4. The molecule has 0 amide bonds. The van der Waals surface area contributed by atoms with Crippen molar-refractivity contribution >= 4 is 33.9 Å². The van der Waals surface area contributed by atoms with Crippen LogP contribution in [0.5, 0.6) is 0 Å². The van der Waals surface area contributed by atoms with Crippen LogP contribution in [0.4, 0.5) is 14.5 Å². The molecule has 3 aromatic rings. The van der Waals surface area contributed by atoms with E-state index in [4.69, 9.17) is 5.73 Å². The van der Waals surface area contributed by atoms with E-state index in [1.165, 1.54) is 15.9 Å². The second-order valence-corrected chi connectivity index (χ2v) is 9.95.